The molecule has 226 valence electrons. The summed E-state index contributed by atoms with van der Waals surface area (Å²) in [5, 5.41) is 8.81. The van der Waals surface area contributed by atoms with Gasteiger partial charge in [0.05, 0.1) is 0 Å². The lowest BCUT2D eigenvalue weighted by molar-refractivity contribution is 1.55. The predicted molar refractivity (Wildman–Crippen MR) is 208 cm³/mol. The standard InChI is InChI=1S/C46H31NS/c1-2-7-39-30-40(25-24-31(39)6-1)38-22-20-35(21-23-38)34-14-12-32(13-15-34)33-16-18-36(19-17-33)37-26-28-41(29-27-37)47-43-9-5-11-45-46(43)42-8-3-4-10-44(42)48-45/h1-30,47H. The molecule has 0 fully saturated rings. The lowest BCUT2D eigenvalue weighted by Crippen LogP contribution is -1.91. The zero-order chi connectivity index (χ0) is 31.9. The lowest BCUT2D eigenvalue weighted by atomic mass is 9.96. The predicted octanol–water partition coefficient (Wildman–Crippen LogP) is 13.6. The van der Waals surface area contributed by atoms with Crippen LogP contribution in [-0.2, 0) is 0 Å². The fraction of sp³-hybridized carbons (Fsp3) is 0. The molecule has 0 aliphatic rings. The maximum Gasteiger partial charge on any atom is 0.0478 e. The Labute approximate surface area is 284 Å². The van der Waals surface area contributed by atoms with Crippen molar-refractivity contribution in [3.05, 3.63) is 182 Å². The van der Waals surface area contributed by atoms with Gasteiger partial charge in [-0.15, -0.1) is 11.3 Å². The molecule has 2 heteroatoms. The van der Waals surface area contributed by atoms with Crippen molar-refractivity contribution in [2.75, 3.05) is 5.32 Å². The Balaban J connectivity index is 0.891. The maximum absolute atomic E-state index is 3.67. The van der Waals surface area contributed by atoms with E-state index in [0.717, 1.165) is 11.4 Å². The minimum Gasteiger partial charge on any atom is -0.355 e. The number of benzene rings is 8. The van der Waals surface area contributed by atoms with Crippen LogP contribution >= 0.6 is 11.3 Å². The monoisotopic (exact) mass is 629 g/mol. The van der Waals surface area contributed by atoms with Gasteiger partial charge in [-0.25, -0.2) is 0 Å². The van der Waals surface area contributed by atoms with Gasteiger partial charge in [-0.05, 0) is 91.7 Å². The van der Waals surface area contributed by atoms with Crippen molar-refractivity contribution in [3.63, 3.8) is 0 Å². The highest BCUT2D eigenvalue weighted by molar-refractivity contribution is 7.26. The number of anilines is 2. The molecule has 8 aromatic carbocycles. The van der Waals surface area contributed by atoms with E-state index in [1.807, 2.05) is 11.3 Å². The van der Waals surface area contributed by atoms with E-state index in [-0.39, 0.29) is 0 Å². The minimum absolute atomic E-state index is 1.08. The molecule has 1 nitrogen and oxygen atoms in total. The molecule has 1 N–H and O–H groups in total. The summed E-state index contributed by atoms with van der Waals surface area (Å²) < 4.78 is 2.62. The molecule has 0 radical (unpaired) electrons. The van der Waals surface area contributed by atoms with E-state index in [2.05, 4.69) is 187 Å². The third kappa shape index (κ3) is 5.33. The Morgan fingerprint density at radius 2 is 0.792 bits per heavy atom. The third-order valence-corrected chi connectivity index (χ3v) is 10.4. The number of hydrogen-bond acceptors (Lipinski definition) is 2. The lowest BCUT2D eigenvalue weighted by Gasteiger charge is -2.10. The largest absolute Gasteiger partial charge is 0.355 e. The molecular formula is C46H31NS. The Hall–Kier alpha value is -5.96. The van der Waals surface area contributed by atoms with Gasteiger partial charge in [-0.3, -0.25) is 0 Å². The van der Waals surface area contributed by atoms with Gasteiger partial charge in [0.25, 0.3) is 0 Å². The fourth-order valence-electron chi connectivity index (χ4n) is 6.71. The number of nitrogens with one attached hydrogen (secondary N) is 1. The molecule has 0 atom stereocenters. The molecule has 9 aromatic rings. The average Bonchev–Trinajstić information content (AvgIpc) is 3.55. The van der Waals surface area contributed by atoms with Crippen molar-refractivity contribution in [1.29, 1.82) is 0 Å². The zero-order valence-electron chi connectivity index (χ0n) is 26.2. The van der Waals surface area contributed by atoms with E-state index >= 15 is 0 Å². The summed E-state index contributed by atoms with van der Waals surface area (Å²) in [5.41, 5.74) is 12.0. The van der Waals surface area contributed by atoms with Crippen LogP contribution in [0.1, 0.15) is 0 Å². The summed E-state index contributed by atoms with van der Waals surface area (Å²) >= 11 is 1.84. The van der Waals surface area contributed by atoms with Gasteiger partial charge in [-0.1, -0.05) is 146 Å². The van der Waals surface area contributed by atoms with Crippen LogP contribution in [0.25, 0.3) is 75.5 Å². The average molecular weight is 630 g/mol. The summed E-state index contributed by atoms with van der Waals surface area (Å²) in [6, 6.07) is 65.7. The van der Waals surface area contributed by atoms with Crippen molar-refractivity contribution in [2.24, 2.45) is 0 Å². The molecule has 0 spiro atoms. The highest BCUT2D eigenvalue weighted by Gasteiger charge is 2.10. The highest BCUT2D eigenvalue weighted by Crippen LogP contribution is 2.39. The topological polar surface area (TPSA) is 12.0 Å². The second kappa shape index (κ2) is 12.0. The molecule has 0 unspecified atom stereocenters. The molecule has 9 rings (SSSR count). The second-order valence-corrected chi connectivity index (χ2v) is 13.4. The summed E-state index contributed by atoms with van der Waals surface area (Å²) in [6.45, 7) is 0. The summed E-state index contributed by atoms with van der Waals surface area (Å²) in [4.78, 5) is 0. The number of fused-ring (bicyclic) bond motifs is 4. The van der Waals surface area contributed by atoms with Crippen molar-refractivity contribution in [3.8, 4) is 44.5 Å². The van der Waals surface area contributed by atoms with Gasteiger partial charge in [0.15, 0.2) is 0 Å². The molecule has 0 saturated heterocycles. The van der Waals surface area contributed by atoms with Crippen molar-refractivity contribution in [2.45, 2.75) is 0 Å². The molecule has 1 aromatic heterocycles. The maximum atomic E-state index is 3.67. The van der Waals surface area contributed by atoms with Crippen LogP contribution in [0.2, 0.25) is 0 Å². The molecule has 0 aliphatic heterocycles. The fourth-order valence-corrected chi connectivity index (χ4v) is 7.85. The molecule has 0 bridgehead atoms. The Morgan fingerprint density at radius 3 is 1.40 bits per heavy atom. The smallest absolute Gasteiger partial charge is 0.0478 e. The first-order valence-corrected chi connectivity index (χ1v) is 17.1. The quantitative estimate of drug-likeness (QED) is 0.193. The van der Waals surface area contributed by atoms with E-state index < -0.39 is 0 Å². The number of hydrogen-bond donors (Lipinski definition) is 1. The van der Waals surface area contributed by atoms with Crippen LogP contribution in [-0.4, -0.2) is 0 Å². The second-order valence-electron chi connectivity index (χ2n) is 12.3. The van der Waals surface area contributed by atoms with Crippen LogP contribution in [0.4, 0.5) is 11.4 Å². The SMILES string of the molecule is c1ccc2cc(-c3ccc(-c4ccc(-c5ccc(-c6ccc(Nc7cccc8sc9ccccc9c78)cc6)cc5)cc4)cc3)ccc2c1. The summed E-state index contributed by atoms with van der Waals surface area (Å²) in [6.07, 6.45) is 0. The normalized spacial score (nSPS) is 11.3. The Kier molecular flexibility index (Phi) is 7.07. The van der Waals surface area contributed by atoms with Gasteiger partial charge in [0.1, 0.15) is 0 Å². The Bertz CT molecular complexity index is 2540. The molecular weight excluding hydrogens is 599 g/mol. The van der Waals surface area contributed by atoms with Gasteiger partial charge < -0.3 is 5.32 Å². The zero-order valence-corrected chi connectivity index (χ0v) is 27.0. The van der Waals surface area contributed by atoms with Crippen LogP contribution in [0.3, 0.4) is 0 Å². The van der Waals surface area contributed by atoms with Gasteiger partial charge in [0.2, 0.25) is 0 Å². The van der Waals surface area contributed by atoms with Crippen LogP contribution in [0.15, 0.2) is 182 Å². The molecule has 0 saturated carbocycles. The molecule has 1 heterocycles. The molecule has 0 aliphatic carbocycles. The van der Waals surface area contributed by atoms with E-state index in [9.17, 15) is 0 Å². The minimum atomic E-state index is 1.08. The number of rotatable bonds is 6. The summed E-state index contributed by atoms with van der Waals surface area (Å²) in [5.74, 6) is 0. The third-order valence-electron chi connectivity index (χ3n) is 9.30. The summed E-state index contributed by atoms with van der Waals surface area (Å²) in [7, 11) is 0. The Morgan fingerprint density at radius 1 is 0.333 bits per heavy atom. The van der Waals surface area contributed by atoms with E-state index in [1.54, 1.807) is 0 Å². The van der Waals surface area contributed by atoms with Crippen LogP contribution in [0.5, 0.6) is 0 Å². The number of thiophene rings is 1. The van der Waals surface area contributed by atoms with Gasteiger partial charge in [0, 0.05) is 31.5 Å². The van der Waals surface area contributed by atoms with E-state index in [1.165, 1.54) is 75.5 Å². The highest BCUT2D eigenvalue weighted by atomic mass is 32.1. The molecule has 0 amide bonds. The van der Waals surface area contributed by atoms with E-state index in [4.69, 9.17) is 0 Å². The van der Waals surface area contributed by atoms with Crippen LogP contribution in [0, 0.1) is 0 Å². The van der Waals surface area contributed by atoms with Gasteiger partial charge >= 0.3 is 0 Å². The first kappa shape index (κ1) is 28.3. The van der Waals surface area contributed by atoms with Crippen molar-refractivity contribution < 1.29 is 0 Å². The van der Waals surface area contributed by atoms with Gasteiger partial charge in [-0.2, -0.15) is 0 Å². The van der Waals surface area contributed by atoms with Crippen molar-refractivity contribution in [1.82, 2.24) is 0 Å². The first-order valence-electron chi connectivity index (χ1n) is 16.3. The van der Waals surface area contributed by atoms with Crippen LogP contribution < -0.4 is 5.32 Å². The molecule has 48 heavy (non-hydrogen) atoms. The first-order chi connectivity index (χ1) is 23.7. The van der Waals surface area contributed by atoms with E-state index in [0.29, 0.717) is 0 Å². The van der Waals surface area contributed by atoms with Crippen molar-refractivity contribution >= 4 is 53.7 Å².